The topological polar surface area (TPSA) is 175 Å². The number of piperidine rings is 1. The van der Waals surface area contributed by atoms with Crippen molar-refractivity contribution in [2.75, 3.05) is 57.4 Å². The van der Waals surface area contributed by atoms with Crippen LogP contribution in [-0.2, 0) is 19.2 Å². The molecule has 1 aromatic heterocycles. The number of aliphatic carboxylic acids is 1. The van der Waals surface area contributed by atoms with Gasteiger partial charge in [0.05, 0.1) is 19.7 Å². The number of aromatic nitrogens is 2. The van der Waals surface area contributed by atoms with E-state index < -0.39 is 30.0 Å². The van der Waals surface area contributed by atoms with E-state index in [0.29, 0.717) is 42.5 Å². The highest BCUT2D eigenvalue weighted by atomic mass is 16.8. The number of amides is 2. The summed E-state index contributed by atoms with van der Waals surface area (Å²) in [5, 5.41) is 23.1. The fraction of sp³-hybridized carbons (Fsp3) is 0.548. The second kappa shape index (κ2) is 14.7. The summed E-state index contributed by atoms with van der Waals surface area (Å²) in [4.78, 5) is 68.6. The number of hydrogen-bond donors (Lipinski definition) is 3. The minimum absolute atomic E-state index is 0.0612. The third kappa shape index (κ3) is 8.05. The van der Waals surface area contributed by atoms with Crippen LogP contribution in [0.1, 0.15) is 43.1 Å². The number of nitrogens with one attached hydrogen (secondary N) is 1. The van der Waals surface area contributed by atoms with Gasteiger partial charge in [-0.3, -0.25) is 14.4 Å². The summed E-state index contributed by atoms with van der Waals surface area (Å²) >= 11 is 0. The first-order valence-electron chi connectivity index (χ1n) is 15.5. The number of fused-ring (bicyclic) bond motifs is 1. The maximum atomic E-state index is 13.6. The second-order valence-electron chi connectivity index (χ2n) is 11.6. The molecular formula is C31H40N6O8. The van der Waals surface area contributed by atoms with Crippen molar-refractivity contribution in [2.45, 2.75) is 38.6 Å². The normalized spacial score (nSPS) is 21.5. The monoisotopic (exact) mass is 624 g/mol. The van der Waals surface area contributed by atoms with E-state index in [1.807, 2.05) is 37.3 Å². The number of benzene rings is 1. The zero-order chi connectivity index (χ0) is 31.9. The van der Waals surface area contributed by atoms with E-state index >= 15 is 0 Å². The third-order valence-electron chi connectivity index (χ3n) is 8.61. The molecule has 2 aromatic rings. The van der Waals surface area contributed by atoms with E-state index in [1.165, 1.54) is 9.96 Å². The van der Waals surface area contributed by atoms with Crippen molar-refractivity contribution in [2.24, 2.45) is 17.8 Å². The number of hydroxylamine groups is 2. The predicted octanol–water partition coefficient (Wildman–Crippen LogP) is 1.79. The van der Waals surface area contributed by atoms with E-state index in [9.17, 15) is 29.4 Å². The van der Waals surface area contributed by atoms with Gasteiger partial charge in [-0.05, 0) is 30.6 Å². The third-order valence-corrected chi connectivity index (χ3v) is 8.61. The van der Waals surface area contributed by atoms with E-state index in [1.54, 1.807) is 6.07 Å². The van der Waals surface area contributed by atoms with E-state index in [0.717, 1.165) is 18.4 Å². The van der Waals surface area contributed by atoms with Crippen LogP contribution in [-0.4, -0.2) is 113 Å². The fourth-order valence-electron chi connectivity index (χ4n) is 5.95. The molecule has 45 heavy (non-hydrogen) atoms. The Balaban J connectivity index is 1.27. The predicted molar refractivity (Wildman–Crippen MR) is 161 cm³/mol. The van der Waals surface area contributed by atoms with Gasteiger partial charge in [-0.1, -0.05) is 43.7 Å². The minimum Gasteiger partial charge on any atom is -0.481 e. The number of rotatable bonds is 13. The summed E-state index contributed by atoms with van der Waals surface area (Å²) in [6, 6.07) is 9.74. The number of carbonyl (C=O) groups excluding carboxylic acids is 3. The number of unbranched alkanes of at least 4 members (excludes halogenated alkanes) is 1. The maximum Gasteiger partial charge on any atom is 0.527 e. The van der Waals surface area contributed by atoms with Crippen LogP contribution in [0, 0.1) is 17.8 Å². The molecule has 14 heteroatoms. The van der Waals surface area contributed by atoms with Crippen LogP contribution in [0.15, 0.2) is 36.4 Å². The second-order valence-corrected chi connectivity index (χ2v) is 11.6. The smallest absolute Gasteiger partial charge is 0.481 e. The highest BCUT2D eigenvalue weighted by molar-refractivity contribution is 5.97. The minimum atomic E-state index is -1.11. The van der Waals surface area contributed by atoms with Crippen LogP contribution in [0.3, 0.4) is 0 Å². The molecule has 14 nitrogen and oxygen atoms in total. The SMILES string of the molecule is CCCCOC(=O)ON1CCN(C(=O)[C@H](CCC(=O)O)NC(=O)c2cc(N3C[C@@H]4C(CO)[C@H]4C3)nc(-c3ccccc3)n2)CC1. The van der Waals surface area contributed by atoms with Gasteiger partial charge in [0, 0.05) is 50.8 Å². The van der Waals surface area contributed by atoms with E-state index in [2.05, 4.69) is 15.2 Å². The molecule has 1 saturated carbocycles. The highest BCUT2D eigenvalue weighted by Crippen LogP contribution is 2.52. The molecule has 2 amide bonds. The molecule has 1 aromatic carbocycles. The summed E-state index contributed by atoms with van der Waals surface area (Å²) in [7, 11) is 0. The van der Waals surface area contributed by atoms with Gasteiger partial charge < -0.3 is 34.9 Å². The summed E-state index contributed by atoms with van der Waals surface area (Å²) in [6.45, 7) is 4.73. The highest BCUT2D eigenvalue weighted by Gasteiger charge is 2.55. The Bertz CT molecular complexity index is 1360. The van der Waals surface area contributed by atoms with Gasteiger partial charge in [0.25, 0.3) is 5.91 Å². The molecule has 3 atom stereocenters. The molecular weight excluding hydrogens is 584 g/mol. The number of aliphatic hydroxyl groups is 1. The first-order valence-corrected chi connectivity index (χ1v) is 15.5. The number of carboxylic acids is 1. The lowest BCUT2D eigenvalue weighted by Gasteiger charge is -2.35. The fourth-order valence-corrected chi connectivity index (χ4v) is 5.95. The number of carbonyl (C=O) groups is 4. The standard InChI is InChI=1S/C31H40N6O8/c1-2-3-15-44-31(43)45-37-13-11-35(12-14-37)30(42)24(9-10-27(39)40)33-29(41)25-16-26(36-17-21-22(18-36)23(21)19-38)34-28(32-25)20-7-5-4-6-8-20/h4-8,16,21-24,38H,2-3,9-15,17-19H2,1H3,(H,33,41)(H,39,40)/t21-,22-,24-/m0/s1. The molecule has 0 bridgehead atoms. The van der Waals surface area contributed by atoms with Crippen LogP contribution < -0.4 is 10.2 Å². The van der Waals surface area contributed by atoms with Gasteiger partial charge in [0.1, 0.15) is 17.6 Å². The van der Waals surface area contributed by atoms with Gasteiger partial charge in [-0.2, -0.15) is 0 Å². The number of nitrogens with zero attached hydrogens (tertiary/aromatic N) is 5. The summed E-state index contributed by atoms with van der Waals surface area (Å²) in [5.41, 5.74) is 0.782. The Labute approximate surface area is 261 Å². The zero-order valence-corrected chi connectivity index (χ0v) is 25.3. The molecule has 3 fully saturated rings. The van der Waals surface area contributed by atoms with Gasteiger partial charge in [0.15, 0.2) is 5.82 Å². The van der Waals surface area contributed by atoms with Crippen LogP contribution >= 0.6 is 0 Å². The Morgan fingerprint density at radius 2 is 1.76 bits per heavy atom. The number of anilines is 1. The average Bonchev–Trinajstić information content (AvgIpc) is 3.52. The number of hydrogen-bond acceptors (Lipinski definition) is 11. The molecule has 2 saturated heterocycles. The Morgan fingerprint density at radius 1 is 1.04 bits per heavy atom. The average molecular weight is 625 g/mol. The Hall–Kier alpha value is -4.30. The van der Waals surface area contributed by atoms with Gasteiger partial charge >= 0.3 is 12.1 Å². The number of aliphatic hydroxyl groups excluding tert-OH is 1. The molecule has 0 unspecified atom stereocenters. The molecule has 3 N–H and O–H groups in total. The number of carboxylic acid groups (broad SMARTS) is 1. The molecule has 3 heterocycles. The first kappa shape index (κ1) is 32.1. The van der Waals surface area contributed by atoms with Crippen molar-refractivity contribution in [3.05, 3.63) is 42.1 Å². The molecule has 242 valence electrons. The Morgan fingerprint density at radius 3 is 2.40 bits per heavy atom. The molecule has 0 spiro atoms. The van der Waals surface area contributed by atoms with Gasteiger partial charge in [-0.15, -0.1) is 5.06 Å². The molecule has 3 aliphatic rings. The van der Waals surface area contributed by atoms with Crippen molar-refractivity contribution in [3.63, 3.8) is 0 Å². The molecule has 0 radical (unpaired) electrons. The van der Waals surface area contributed by atoms with E-state index in [-0.39, 0.29) is 57.9 Å². The summed E-state index contributed by atoms with van der Waals surface area (Å²) in [6.07, 6.45) is 0.381. The number of piperazine rings is 1. The molecule has 1 aliphatic carbocycles. The lowest BCUT2D eigenvalue weighted by Crippen LogP contribution is -2.55. The lowest BCUT2D eigenvalue weighted by atomic mass is 10.1. The van der Waals surface area contributed by atoms with Crippen LogP contribution in [0.25, 0.3) is 11.4 Å². The van der Waals surface area contributed by atoms with Crippen LogP contribution in [0.5, 0.6) is 0 Å². The van der Waals surface area contributed by atoms with Crippen molar-refractivity contribution < 1.29 is 39.0 Å². The van der Waals surface area contributed by atoms with Crippen molar-refractivity contribution in [1.82, 2.24) is 25.2 Å². The van der Waals surface area contributed by atoms with Gasteiger partial charge in [-0.25, -0.2) is 14.8 Å². The first-order chi connectivity index (χ1) is 21.8. The quantitative estimate of drug-likeness (QED) is 0.218. The van der Waals surface area contributed by atoms with Crippen molar-refractivity contribution in [3.8, 4) is 11.4 Å². The summed E-state index contributed by atoms with van der Waals surface area (Å²) < 4.78 is 5.02. The largest absolute Gasteiger partial charge is 0.527 e. The summed E-state index contributed by atoms with van der Waals surface area (Å²) in [5.74, 6) is -0.127. The Kier molecular flexibility index (Phi) is 10.5. The van der Waals surface area contributed by atoms with Crippen LogP contribution in [0.4, 0.5) is 10.6 Å². The van der Waals surface area contributed by atoms with Gasteiger partial charge in [0.2, 0.25) is 5.91 Å². The van der Waals surface area contributed by atoms with Crippen molar-refractivity contribution >= 4 is 29.8 Å². The van der Waals surface area contributed by atoms with Crippen LogP contribution in [0.2, 0.25) is 0 Å². The number of ether oxygens (including phenoxy) is 1. The van der Waals surface area contributed by atoms with E-state index in [4.69, 9.17) is 14.6 Å². The molecule has 5 rings (SSSR count). The maximum absolute atomic E-state index is 13.6. The lowest BCUT2D eigenvalue weighted by molar-refractivity contribution is -0.158. The zero-order valence-electron chi connectivity index (χ0n) is 25.3. The molecule has 2 aliphatic heterocycles. The van der Waals surface area contributed by atoms with Crippen molar-refractivity contribution in [1.29, 1.82) is 0 Å².